The molecule has 0 saturated heterocycles. The van der Waals surface area contributed by atoms with Gasteiger partial charge in [-0.15, -0.1) is 0 Å². The van der Waals surface area contributed by atoms with Crippen LogP contribution in [0.4, 0.5) is 29.1 Å². The Morgan fingerprint density at radius 1 is 0.909 bits per heavy atom. The van der Waals surface area contributed by atoms with Crippen LogP contribution in [0.3, 0.4) is 0 Å². The summed E-state index contributed by atoms with van der Waals surface area (Å²) in [6.45, 7) is 0. The van der Waals surface area contributed by atoms with Crippen LogP contribution in [0.2, 0.25) is 5.15 Å². The zero-order valence-electron chi connectivity index (χ0n) is 23.2. The van der Waals surface area contributed by atoms with Gasteiger partial charge in [0, 0.05) is 48.4 Å². The van der Waals surface area contributed by atoms with E-state index in [-0.39, 0.29) is 42.4 Å². The Kier molecular flexibility index (Phi) is 6.96. The molecule has 0 unspecified atom stereocenters. The van der Waals surface area contributed by atoms with Crippen molar-refractivity contribution in [2.75, 3.05) is 12.4 Å². The number of hydrogen-bond acceptors (Lipinski definition) is 8. The molecule has 0 saturated carbocycles. The standard InChI is InChI=1S/C19H16F2N4O2S.C10H8ClF2N3/c1-27-13-4-9-5-15(26)28-14(9)6-12(13)25-18-16-10-7-19(20,21)3-2-11(10)24-17(16)22-8-23-18;11-8-7-5-3-10(12,13)2-1-6(5)16-9(7)15-4-14-8/h4,6,8H,2-3,5,7H2,1H3,(H2,22,23,24,25);4H,1-3H2,(H,14,15,16). The summed E-state index contributed by atoms with van der Waals surface area (Å²) >= 11 is 7.10. The molecule has 8 rings (SSSR count). The lowest BCUT2D eigenvalue weighted by atomic mass is 9.93. The van der Waals surface area contributed by atoms with Crippen LogP contribution in [0.15, 0.2) is 29.7 Å². The summed E-state index contributed by atoms with van der Waals surface area (Å²) in [6, 6.07) is 3.67. The first kappa shape index (κ1) is 28.8. The minimum absolute atomic E-state index is 0.0839. The highest BCUT2D eigenvalue weighted by Gasteiger charge is 2.38. The molecule has 0 fully saturated rings. The molecule has 0 radical (unpaired) electrons. The summed E-state index contributed by atoms with van der Waals surface area (Å²) in [5, 5.41) is 4.64. The first-order valence-corrected chi connectivity index (χ1v) is 15.0. The van der Waals surface area contributed by atoms with Gasteiger partial charge in [0.25, 0.3) is 11.8 Å². The van der Waals surface area contributed by atoms with Crippen LogP contribution >= 0.6 is 23.4 Å². The third-order valence-electron chi connectivity index (χ3n) is 8.07. The van der Waals surface area contributed by atoms with Gasteiger partial charge < -0.3 is 20.0 Å². The number of nitrogens with zero attached hydrogens (tertiary/aromatic N) is 4. The van der Waals surface area contributed by atoms with Gasteiger partial charge in [0.05, 0.1) is 23.6 Å². The van der Waals surface area contributed by atoms with Crippen LogP contribution in [0.25, 0.3) is 22.1 Å². The van der Waals surface area contributed by atoms with Crippen molar-refractivity contribution >= 4 is 62.1 Å². The fourth-order valence-electron chi connectivity index (χ4n) is 6.00. The third-order valence-corrected chi connectivity index (χ3v) is 9.32. The van der Waals surface area contributed by atoms with Crippen LogP contribution in [0, 0.1) is 0 Å². The maximum atomic E-state index is 14.0. The number of aromatic nitrogens is 6. The van der Waals surface area contributed by atoms with Gasteiger partial charge in [0.2, 0.25) is 0 Å². The molecule has 228 valence electrons. The molecule has 9 nitrogen and oxygen atoms in total. The quantitative estimate of drug-likeness (QED) is 0.146. The van der Waals surface area contributed by atoms with Crippen LogP contribution in [-0.4, -0.2) is 54.0 Å². The Balaban J connectivity index is 0.000000165. The monoisotopic (exact) mass is 645 g/mol. The average Bonchev–Trinajstić information content (AvgIpc) is 3.64. The van der Waals surface area contributed by atoms with Gasteiger partial charge in [-0.05, 0) is 41.7 Å². The van der Waals surface area contributed by atoms with Crippen molar-refractivity contribution in [1.82, 2.24) is 29.9 Å². The van der Waals surface area contributed by atoms with E-state index in [4.69, 9.17) is 16.3 Å². The Morgan fingerprint density at radius 2 is 1.52 bits per heavy atom. The maximum absolute atomic E-state index is 14.0. The number of alkyl halides is 4. The number of thioether (sulfide) groups is 1. The number of nitrogens with one attached hydrogen (secondary N) is 3. The van der Waals surface area contributed by atoms with Gasteiger partial charge in [0.15, 0.2) is 5.12 Å². The maximum Gasteiger partial charge on any atom is 0.252 e. The van der Waals surface area contributed by atoms with Gasteiger partial charge in [-0.3, -0.25) is 4.79 Å². The average molecular weight is 646 g/mol. The first-order chi connectivity index (χ1) is 21.0. The lowest BCUT2D eigenvalue weighted by Crippen LogP contribution is -2.25. The second-order valence-corrected chi connectivity index (χ2v) is 12.5. The molecule has 0 spiro atoms. The SMILES string of the molecule is COc1cc2c(cc1Nc1ncnc3[nH]c4c(c13)CC(F)(F)CC4)SC(=O)C2.FC1(F)CCc2[nH]c3ncnc(Cl)c3c2C1. The summed E-state index contributed by atoms with van der Waals surface area (Å²) < 4.78 is 60.2. The number of benzene rings is 1. The zero-order valence-corrected chi connectivity index (χ0v) is 24.7. The van der Waals surface area contributed by atoms with Crippen molar-refractivity contribution in [2.24, 2.45) is 0 Å². The van der Waals surface area contributed by atoms with Crippen molar-refractivity contribution in [3.05, 3.63) is 58.0 Å². The molecule has 3 N–H and O–H groups in total. The van der Waals surface area contributed by atoms with E-state index in [9.17, 15) is 22.4 Å². The molecular formula is C29H24ClF4N7O2S. The van der Waals surface area contributed by atoms with Gasteiger partial charge >= 0.3 is 0 Å². The third kappa shape index (κ3) is 5.23. The van der Waals surface area contributed by atoms with E-state index >= 15 is 0 Å². The van der Waals surface area contributed by atoms with Crippen LogP contribution in [0.1, 0.15) is 40.9 Å². The number of rotatable bonds is 3. The normalized spacial score (nSPS) is 17.9. The number of carbonyl (C=O) groups is 1. The second kappa shape index (κ2) is 10.6. The molecule has 0 bridgehead atoms. The topological polar surface area (TPSA) is 121 Å². The summed E-state index contributed by atoms with van der Waals surface area (Å²) in [7, 11) is 1.55. The number of hydrogen-bond donors (Lipinski definition) is 3. The number of ether oxygens (including phenoxy) is 1. The van der Waals surface area contributed by atoms with Crippen molar-refractivity contribution in [1.29, 1.82) is 0 Å². The first-order valence-electron chi connectivity index (χ1n) is 13.8. The van der Waals surface area contributed by atoms with Crippen LogP contribution in [0.5, 0.6) is 5.75 Å². The smallest absolute Gasteiger partial charge is 0.252 e. The number of methoxy groups -OCH3 is 1. The number of H-pyrrole nitrogens is 2. The van der Waals surface area contributed by atoms with Gasteiger partial charge in [-0.1, -0.05) is 23.4 Å². The molecule has 3 aliphatic rings. The lowest BCUT2D eigenvalue weighted by molar-refractivity contribution is -0.110. The van der Waals surface area contributed by atoms with E-state index in [1.165, 1.54) is 24.4 Å². The van der Waals surface area contributed by atoms with Gasteiger partial charge in [-0.25, -0.2) is 37.5 Å². The van der Waals surface area contributed by atoms with E-state index in [0.717, 1.165) is 21.8 Å². The van der Waals surface area contributed by atoms with E-state index in [2.05, 4.69) is 35.2 Å². The highest BCUT2D eigenvalue weighted by molar-refractivity contribution is 8.14. The van der Waals surface area contributed by atoms with Crippen molar-refractivity contribution in [2.45, 2.75) is 61.7 Å². The van der Waals surface area contributed by atoms with E-state index in [1.54, 1.807) is 7.11 Å². The van der Waals surface area contributed by atoms with E-state index in [0.29, 0.717) is 63.3 Å². The molecule has 2 aliphatic carbocycles. The number of anilines is 2. The highest BCUT2D eigenvalue weighted by atomic mass is 35.5. The minimum atomic E-state index is -2.74. The zero-order chi connectivity index (χ0) is 30.8. The Hall–Kier alpha value is -3.91. The number of carbonyl (C=O) groups excluding carboxylic acids is 1. The molecule has 15 heteroatoms. The molecule has 0 atom stereocenters. The predicted octanol–water partition coefficient (Wildman–Crippen LogP) is 6.74. The predicted molar refractivity (Wildman–Crippen MR) is 158 cm³/mol. The lowest BCUT2D eigenvalue weighted by Gasteiger charge is -2.22. The Bertz CT molecular complexity index is 1960. The molecule has 1 aliphatic heterocycles. The molecule has 1 aromatic carbocycles. The number of halogens is 5. The second-order valence-electron chi connectivity index (χ2n) is 11.0. The number of fused-ring (bicyclic) bond motifs is 7. The van der Waals surface area contributed by atoms with Gasteiger partial charge in [0.1, 0.15) is 40.7 Å². The van der Waals surface area contributed by atoms with Crippen molar-refractivity contribution in [3.8, 4) is 5.75 Å². The van der Waals surface area contributed by atoms with Crippen LogP contribution in [-0.2, 0) is 36.9 Å². The molecule has 5 heterocycles. The summed E-state index contributed by atoms with van der Waals surface area (Å²) in [5.74, 6) is -4.39. The summed E-state index contributed by atoms with van der Waals surface area (Å²) in [6.07, 6.45) is 2.77. The van der Waals surface area contributed by atoms with E-state index < -0.39 is 11.8 Å². The minimum Gasteiger partial charge on any atom is -0.495 e. The van der Waals surface area contributed by atoms with Gasteiger partial charge in [-0.2, -0.15) is 0 Å². The fraction of sp³-hybridized carbons (Fsp3) is 0.345. The molecular weight excluding hydrogens is 622 g/mol. The van der Waals surface area contributed by atoms with E-state index in [1.807, 2.05) is 12.1 Å². The largest absolute Gasteiger partial charge is 0.495 e. The number of aryl methyl sites for hydroxylation is 2. The molecule has 4 aromatic heterocycles. The summed E-state index contributed by atoms with van der Waals surface area (Å²) in [5.41, 5.74) is 5.34. The van der Waals surface area contributed by atoms with Crippen molar-refractivity contribution < 1.29 is 27.1 Å². The fourth-order valence-corrected chi connectivity index (χ4v) is 7.16. The molecule has 44 heavy (non-hydrogen) atoms. The summed E-state index contributed by atoms with van der Waals surface area (Å²) in [4.78, 5) is 35.1. The highest BCUT2D eigenvalue weighted by Crippen LogP contribution is 2.43. The molecule has 5 aromatic rings. The number of aromatic amines is 2. The van der Waals surface area contributed by atoms with Crippen LogP contribution < -0.4 is 10.1 Å². The Labute approximate surface area is 256 Å². The molecule has 0 amide bonds. The van der Waals surface area contributed by atoms with Crippen molar-refractivity contribution in [3.63, 3.8) is 0 Å². The Morgan fingerprint density at radius 3 is 2.18 bits per heavy atom.